The third kappa shape index (κ3) is 11.2. The Balaban J connectivity index is 0.000000208. The molecule has 2 aliphatic carbocycles. The smallest absolute Gasteiger partial charge is 0.344 e. The zero-order valence-corrected chi connectivity index (χ0v) is 33.6. The fourth-order valence-electron chi connectivity index (χ4n) is 6.38. The molecule has 0 aliphatic heterocycles. The molecule has 6 rings (SSSR count). The third-order valence-electron chi connectivity index (χ3n) is 8.91. The first-order chi connectivity index (χ1) is 26.2. The van der Waals surface area contributed by atoms with Crippen molar-refractivity contribution in [1.29, 1.82) is 0 Å². The Morgan fingerprint density at radius 1 is 0.648 bits per heavy atom. The summed E-state index contributed by atoms with van der Waals surface area (Å²) in [5, 5.41) is 10.4. The molecule has 0 radical (unpaired) electrons. The molecule has 2 aliphatic rings. The number of hydrogen-bond acceptors (Lipinski definition) is 10. The summed E-state index contributed by atoms with van der Waals surface area (Å²) in [6.07, 6.45) is 9.10. The summed E-state index contributed by atoms with van der Waals surface area (Å²) in [4.78, 5) is 38.3. The number of rotatable bonds is 14. The van der Waals surface area contributed by atoms with Crippen molar-refractivity contribution in [2.24, 2.45) is 0 Å². The van der Waals surface area contributed by atoms with Crippen LogP contribution in [0.1, 0.15) is 77.7 Å². The summed E-state index contributed by atoms with van der Waals surface area (Å²) in [6.45, 7) is 4.09. The molecule has 54 heavy (non-hydrogen) atoms. The molecule has 0 aromatic heterocycles. The topological polar surface area (TPSA) is 108 Å². The predicted octanol–water partition coefficient (Wildman–Crippen LogP) is 9.93. The van der Waals surface area contributed by atoms with Crippen LogP contribution in [0.3, 0.4) is 0 Å². The fourth-order valence-corrected chi connectivity index (χ4v) is 9.03. The number of hydrogen-bond donors (Lipinski definition) is 1. The Morgan fingerprint density at radius 2 is 1.09 bits per heavy atom. The lowest BCUT2D eigenvalue weighted by atomic mass is 9.91. The first kappa shape index (κ1) is 41.5. The summed E-state index contributed by atoms with van der Waals surface area (Å²) in [5.74, 6) is 0.812. The second kappa shape index (κ2) is 20.9. The fraction of sp³-hybridized carbons (Fsp3) is 0.357. The zero-order valence-electron chi connectivity index (χ0n) is 30.4. The normalized spacial score (nSPS) is 13.1. The van der Waals surface area contributed by atoms with Gasteiger partial charge in [0, 0.05) is 25.1 Å². The number of carbonyl (C=O) groups is 3. The maximum Gasteiger partial charge on any atom is 0.344 e. The van der Waals surface area contributed by atoms with E-state index in [9.17, 15) is 19.5 Å². The minimum absolute atomic E-state index is 0.0213. The van der Waals surface area contributed by atoms with Gasteiger partial charge in [0.2, 0.25) is 0 Å². The van der Waals surface area contributed by atoms with Crippen LogP contribution in [0.2, 0.25) is 10.0 Å². The van der Waals surface area contributed by atoms with E-state index in [0.717, 1.165) is 99.9 Å². The quantitative estimate of drug-likeness (QED) is 0.0977. The van der Waals surface area contributed by atoms with E-state index in [4.69, 9.17) is 42.1 Å². The monoisotopic (exact) mass is 810 g/mol. The van der Waals surface area contributed by atoms with Gasteiger partial charge in [0.15, 0.2) is 13.2 Å². The largest absolute Gasteiger partial charge is 0.482 e. The van der Waals surface area contributed by atoms with Crippen molar-refractivity contribution in [1.82, 2.24) is 0 Å². The van der Waals surface area contributed by atoms with Crippen LogP contribution in [0.5, 0.6) is 11.5 Å². The maximum atomic E-state index is 11.6. The van der Waals surface area contributed by atoms with Gasteiger partial charge in [-0.05, 0) is 142 Å². The molecule has 8 nitrogen and oxygen atoms in total. The molecular formula is C42H44Cl2O8S2. The molecule has 1 N–H and O–H groups in total. The highest BCUT2D eigenvalue weighted by Crippen LogP contribution is 2.43. The highest BCUT2D eigenvalue weighted by atomic mass is 35.5. The number of halogens is 2. The highest BCUT2D eigenvalue weighted by Gasteiger charge is 2.22. The van der Waals surface area contributed by atoms with Gasteiger partial charge in [0.05, 0.1) is 29.9 Å². The van der Waals surface area contributed by atoms with E-state index in [1.54, 1.807) is 55.6 Å². The molecule has 0 saturated carbocycles. The lowest BCUT2D eigenvalue weighted by Gasteiger charge is -2.22. The zero-order chi connectivity index (χ0) is 38.5. The molecule has 286 valence electrons. The summed E-state index contributed by atoms with van der Waals surface area (Å²) < 4.78 is 21.3. The first-order valence-electron chi connectivity index (χ1n) is 18.1. The van der Waals surface area contributed by atoms with Gasteiger partial charge in [0.25, 0.3) is 0 Å². The Bertz CT molecular complexity index is 1950. The van der Waals surface area contributed by atoms with Crippen molar-refractivity contribution in [3.05, 3.63) is 104 Å². The van der Waals surface area contributed by atoms with E-state index in [2.05, 4.69) is 0 Å². The molecule has 0 bridgehead atoms. The minimum atomic E-state index is -0.359. The van der Waals surface area contributed by atoms with Crippen molar-refractivity contribution in [3.8, 4) is 11.5 Å². The number of ether oxygens (including phenoxy) is 4. The lowest BCUT2D eigenvalue weighted by molar-refractivity contribution is -0.146. The van der Waals surface area contributed by atoms with Gasteiger partial charge in [-0.1, -0.05) is 58.9 Å². The van der Waals surface area contributed by atoms with Crippen LogP contribution in [0.4, 0.5) is 0 Å². The molecule has 0 amide bonds. The Morgan fingerprint density at radius 3 is 1.52 bits per heavy atom. The third-order valence-corrected chi connectivity index (χ3v) is 12.1. The van der Waals surface area contributed by atoms with E-state index in [0.29, 0.717) is 28.8 Å². The van der Waals surface area contributed by atoms with E-state index in [1.165, 1.54) is 16.7 Å². The van der Waals surface area contributed by atoms with Gasteiger partial charge < -0.3 is 24.1 Å². The van der Waals surface area contributed by atoms with Gasteiger partial charge in [-0.25, -0.2) is 9.59 Å². The summed E-state index contributed by atoms with van der Waals surface area (Å²) in [7, 11) is 0. The van der Waals surface area contributed by atoms with E-state index in [1.807, 2.05) is 42.5 Å². The van der Waals surface area contributed by atoms with Crippen LogP contribution in [0, 0.1) is 0 Å². The van der Waals surface area contributed by atoms with Crippen molar-refractivity contribution in [2.45, 2.75) is 91.4 Å². The van der Waals surface area contributed by atoms with Crippen LogP contribution in [0.25, 0.3) is 0 Å². The van der Waals surface area contributed by atoms with Gasteiger partial charge in [-0.2, -0.15) is 0 Å². The van der Waals surface area contributed by atoms with E-state index < -0.39 is 0 Å². The van der Waals surface area contributed by atoms with E-state index in [-0.39, 0.29) is 31.8 Å². The number of aliphatic hydroxyl groups excluding tert-OH is 1. The van der Waals surface area contributed by atoms with Crippen LogP contribution >= 0.6 is 46.7 Å². The van der Waals surface area contributed by atoms with Crippen molar-refractivity contribution in [2.75, 3.05) is 26.4 Å². The van der Waals surface area contributed by atoms with Crippen LogP contribution in [0.15, 0.2) is 80.2 Å². The Kier molecular flexibility index (Phi) is 16.0. The average Bonchev–Trinajstić information content (AvgIpc) is 3.19. The highest BCUT2D eigenvalue weighted by molar-refractivity contribution is 7.99. The molecular weight excluding hydrogens is 767 g/mol. The number of fused-ring (bicyclic) bond motifs is 2. The number of esters is 2. The van der Waals surface area contributed by atoms with E-state index >= 15 is 0 Å². The molecule has 0 spiro atoms. The van der Waals surface area contributed by atoms with Gasteiger partial charge in [0.1, 0.15) is 17.8 Å². The first-order valence-corrected chi connectivity index (χ1v) is 20.5. The Hall–Kier alpha value is -3.67. The molecule has 4 aromatic carbocycles. The van der Waals surface area contributed by atoms with Crippen LogP contribution in [-0.2, 0) is 51.4 Å². The molecule has 0 fully saturated rings. The number of benzene rings is 4. The number of aldehydes is 1. The molecule has 12 heteroatoms. The van der Waals surface area contributed by atoms with Crippen LogP contribution in [-0.4, -0.2) is 49.8 Å². The molecule has 0 saturated heterocycles. The average molecular weight is 812 g/mol. The maximum absolute atomic E-state index is 11.6. The second-order valence-corrected chi connectivity index (χ2v) is 15.6. The summed E-state index contributed by atoms with van der Waals surface area (Å²) in [6, 6.07) is 18.8. The SMILES string of the molecule is CCOC(=O)COc1ccc(Sc2ccc(C=O)cc2Cl)c2c1CCCC2.CCOC(=O)COc1ccc(Sc2ccc(CO)cc2Cl)c2c1CCCC2. The molecule has 0 atom stereocenters. The van der Waals surface area contributed by atoms with Crippen LogP contribution < -0.4 is 9.47 Å². The van der Waals surface area contributed by atoms with Crippen molar-refractivity contribution in [3.63, 3.8) is 0 Å². The Labute approximate surface area is 335 Å². The number of aliphatic hydroxyl groups is 1. The second-order valence-electron chi connectivity index (χ2n) is 12.6. The number of carbonyl (C=O) groups excluding carboxylic acids is 3. The van der Waals surface area contributed by atoms with Crippen molar-refractivity contribution >= 4 is 65.0 Å². The predicted molar refractivity (Wildman–Crippen MR) is 213 cm³/mol. The molecule has 0 heterocycles. The standard InChI is InChI=1S/C21H23ClO4S.C21H21ClO4S/c2*1-2-25-21(24)13-26-18-8-10-19(16-6-4-3-5-15(16)18)27-20-9-7-14(12-23)11-17(20)22/h7-11,23H,2-6,12-13H2,1H3;7-12H,2-6,13H2,1H3. The lowest BCUT2D eigenvalue weighted by Crippen LogP contribution is -2.16. The molecule has 4 aromatic rings. The minimum Gasteiger partial charge on any atom is -0.482 e. The summed E-state index contributed by atoms with van der Waals surface area (Å²) in [5.41, 5.74) is 6.23. The summed E-state index contributed by atoms with van der Waals surface area (Å²) >= 11 is 15.9. The van der Waals surface area contributed by atoms with Gasteiger partial charge >= 0.3 is 11.9 Å². The van der Waals surface area contributed by atoms with Gasteiger partial charge in [-0.15, -0.1) is 0 Å². The molecule has 0 unspecified atom stereocenters. The van der Waals surface area contributed by atoms with Crippen molar-refractivity contribution < 1.29 is 38.4 Å². The van der Waals surface area contributed by atoms with Gasteiger partial charge in [-0.3, -0.25) is 4.79 Å².